The molecule has 0 aliphatic heterocycles. The van der Waals surface area contributed by atoms with Crippen molar-refractivity contribution >= 4 is 17.5 Å². The summed E-state index contributed by atoms with van der Waals surface area (Å²) in [6.45, 7) is 0.906. The zero-order valence-electron chi connectivity index (χ0n) is 19.6. The lowest BCUT2D eigenvalue weighted by molar-refractivity contribution is 0.0950. The van der Waals surface area contributed by atoms with Gasteiger partial charge in [-0.2, -0.15) is 0 Å². The smallest absolute Gasteiger partial charge is 0.251 e. The van der Waals surface area contributed by atoms with Crippen LogP contribution in [0.4, 0.5) is 4.39 Å². The van der Waals surface area contributed by atoms with Gasteiger partial charge in [-0.05, 0) is 48.5 Å². The van der Waals surface area contributed by atoms with Crippen LogP contribution in [0.5, 0.6) is 17.2 Å². The Morgan fingerprint density at radius 1 is 1.03 bits per heavy atom. The molecule has 0 radical (unpaired) electrons. The van der Waals surface area contributed by atoms with E-state index in [1.807, 2.05) is 0 Å². The van der Waals surface area contributed by atoms with Gasteiger partial charge in [0.2, 0.25) is 0 Å². The number of nitrogens with two attached hydrogens (primary N) is 1. The van der Waals surface area contributed by atoms with E-state index in [0.717, 1.165) is 0 Å². The molecule has 3 aromatic rings. The van der Waals surface area contributed by atoms with Gasteiger partial charge in [0.05, 0.1) is 37.6 Å². The van der Waals surface area contributed by atoms with Gasteiger partial charge in [-0.15, -0.1) is 0 Å². The number of ether oxygens (including phenoxy) is 4. The molecule has 0 fully saturated rings. The highest BCUT2D eigenvalue weighted by Crippen LogP contribution is 2.32. The number of benzene rings is 2. The highest BCUT2D eigenvalue weighted by atomic mass is 35.5. The summed E-state index contributed by atoms with van der Waals surface area (Å²) in [7, 11) is 4.59. The van der Waals surface area contributed by atoms with Crippen molar-refractivity contribution in [2.24, 2.45) is 5.73 Å². The number of amides is 1. The lowest BCUT2D eigenvalue weighted by Gasteiger charge is -2.16. The van der Waals surface area contributed by atoms with E-state index in [2.05, 4.69) is 10.3 Å². The number of rotatable bonds is 11. The molecule has 35 heavy (non-hydrogen) atoms. The SMILES string of the molecule is COCCOc1ccc(C(=O)NCC(N)c2ccc(OC)c(-c3ccc(F)c(Cl)c3)n2)cc1OC. The number of carbonyl (C=O) groups is 1. The average Bonchev–Trinajstić information content (AvgIpc) is 2.88. The Labute approximate surface area is 208 Å². The molecule has 186 valence electrons. The van der Waals surface area contributed by atoms with Gasteiger partial charge < -0.3 is 30.0 Å². The molecular formula is C25H27ClFN3O5. The van der Waals surface area contributed by atoms with E-state index in [1.54, 1.807) is 43.5 Å². The molecule has 1 amide bonds. The highest BCUT2D eigenvalue weighted by molar-refractivity contribution is 6.31. The topological polar surface area (TPSA) is 105 Å². The molecule has 1 atom stereocenters. The minimum Gasteiger partial charge on any atom is -0.494 e. The van der Waals surface area contributed by atoms with Crippen LogP contribution >= 0.6 is 11.6 Å². The first-order valence-electron chi connectivity index (χ1n) is 10.7. The molecule has 0 aliphatic rings. The number of hydrogen-bond donors (Lipinski definition) is 2. The van der Waals surface area contributed by atoms with Crippen LogP contribution < -0.4 is 25.3 Å². The predicted molar refractivity (Wildman–Crippen MR) is 131 cm³/mol. The zero-order chi connectivity index (χ0) is 25.4. The summed E-state index contributed by atoms with van der Waals surface area (Å²) in [5.74, 6) is 0.552. The molecule has 10 heteroatoms. The third-order valence-electron chi connectivity index (χ3n) is 5.13. The van der Waals surface area contributed by atoms with Crippen molar-refractivity contribution in [3.8, 4) is 28.5 Å². The molecule has 1 unspecified atom stereocenters. The van der Waals surface area contributed by atoms with E-state index in [0.29, 0.717) is 53.0 Å². The molecule has 0 aliphatic carbocycles. The van der Waals surface area contributed by atoms with E-state index in [1.165, 1.54) is 26.4 Å². The van der Waals surface area contributed by atoms with Crippen molar-refractivity contribution in [2.75, 3.05) is 41.1 Å². The van der Waals surface area contributed by atoms with Crippen molar-refractivity contribution in [2.45, 2.75) is 6.04 Å². The van der Waals surface area contributed by atoms with Gasteiger partial charge in [0.15, 0.2) is 11.5 Å². The van der Waals surface area contributed by atoms with Crippen molar-refractivity contribution in [3.05, 3.63) is 70.6 Å². The lowest BCUT2D eigenvalue weighted by atomic mass is 10.1. The Balaban J connectivity index is 1.71. The van der Waals surface area contributed by atoms with Crippen LogP contribution in [0.3, 0.4) is 0 Å². The van der Waals surface area contributed by atoms with E-state index < -0.39 is 11.9 Å². The van der Waals surface area contributed by atoms with E-state index in [9.17, 15) is 9.18 Å². The fourth-order valence-corrected chi connectivity index (χ4v) is 3.44. The minimum atomic E-state index is -0.613. The Morgan fingerprint density at radius 3 is 2.46 bits per heavy atom. The van der Waals surface area contributed by atoms with Crippen LogP contribution in [-0.4, -0.2) is 52.0 Å². The highest BCUT2D eigenvalue weighted by Gasteiger charge is 2.17. The van der Waals surface area contributed by atoms with Crippen molar-refractivity contribution in [1.82, 2.24) is 10.3 Å². The molecule has 8 nitrogen and oxygen atoms in total. The van der Waals surface area contributed by atoms with Gasteiger partial charge in [0, 0.05) is 24.8 Å². The van der Waals surface area contributed by atoms with Crippen molar-refractivity contribution < 1.29 is 28.1 Å². The molecule has 3 rings (SSSR count). The minimum absolute atomic E-state index is 0.0288. The summed E-state index contributed by atoms with van der Waals surface area (Å²) >= 11 is 5.93. The number of hydrogen-bond acceptors (Lipinski definition) is 7. The Hall–Kier alpha value is -3.40. The van der Waals surface area contributed by atoms with Gasteiger partial charge in [0.1, 0.15) is 23.9 Å². The average molecular weight is 504 g/mol. The molecule has 1 aromatic heterocycles. The molecule has 0 saturated carbocycles. The lowest BCUT2D eigenvalue weighted by Crippen LogP contribution is -2.32. The zero-order valence-corrected chi connectivity index (χ0v) is 20.4. The third kappa shape index (κ3) is 6.60. The first-order chi connectivity index (χ1) is 16.9. The molecule has 0 spiro atoms. The Kier molecular flexibility index (Phi) is 9.25. The molecule has 0 bridgehead atoms. The molecule has 3 N–H and O–H groups in total. The summed E-state index contributed by atoms with van der Waals surface area (Å²) < 4.78 is 34.9. The first kappa shape index (κ1) is 26.2. The van der Waals surface area contributed by atoms with Gasteiger partial charge in [0.25, 0.3) is 5.91 Å². The summed E-state index contributed by atoms with van der Waals surface area (Å²) in [6, 6.07) is 12.0. The standard InChI is InChI=1S/C25H27ClFN3O5/c1-32-10-11-35-21-8-5-16(13-23(21)34-3)25(31)29-14-19(28)20-7-9-22(33-2)24(30-20)15-4-6-18(27)17(26)12-15/h4-9,12-13,19H,10-11,14,28H2,1-3H3,(H,29,31). The Bertz CT molecular complexity index is 1180. The monoisotopic (exact) mass is 503 g/mol. The fourth-order valence-electron chi connectivity index (χ4n) is 3.26. The second-order valence-corrected chi connectivity index (χ2v) is 7.85. The summed E-state index contributed by atoms with van der Waals surface area (Å²) in [5.41, 5.74) is 8.24. The van der Waals surface area contributed by atoms with Crippen LogP contribution in [0.2, 0.25) is 5.02 Å². The third-order valence-corrected chi connectivity index (χ3v) is 5.42. The van der Waals surface area contributed by atoms with Crippen LogP contribution in [0.25, 0.3) is 11.3 Å². The summed E-state index contributed by atoms with van der Waals surface area (Å²) in [5, 5.41) is 2.77. The molecular weight excluding hydrogens is 477 g/mol. The van der Waals surface area contributed by atoms with E-state index in [4.69, 9.17) is 36.3 Å². The van der Waals surface area contributed by atoms with Gasteiger partial charge in [-0.1, -0.05) is 11.6 Å². The molecule has 2 aromatic carbocycles. The van der Waals surface area contributed by atoms with Gasteiger partial charge >= 0.3 is 0 Å². The van der Waals surface area contributed by atoms with Crippen LogP contribution in [0.15, 0.2) is 48.5 Å². The number of carbonyl (C=O) groups excluding carboxylic acids is 1. The normalized spacial score (nSPS) is 11.6. The number of nitrogens with one attached hydrogen (secondary N) is 1. The van der Waals surface area contributed by atoms with E-state index >= 15 is 0 Å². The number of nitrogens with zero attached hydrogens (tertiary/aromatic N) is 1. The van der Waals surface area contributed by atoms with Crippen LogP contribution in [-0.2, 0) is 4.74 Å². The van der Waals surface area contributed by atoms with Crippen LogP contribution in [0, 0.1) is 5.82 Å². The van der Waals surface area contributed by atoms with E-state index in [-0.39, 0.29) is 17.5 Å². The molecule has 0 saturated heterocycles. The number of methoxy groups -OCH3 is 3. The fraction of sp³-hybridized carbons (Fsp3) is 0.280. The maximum Gasteiger partial charge on any atom is 0.251 e. The van der Waals surface area contributed by atoms with Gasteiger partial charge in [-0.3, -0.25) is 4.79 Å². The number of pyridine rings is 1. The predicted octanol–water partition coefficient (Wildman–Crippen LogP) is 4.01. The maximum absolute atomic E-state index is 13.6. The van der Waals surface area contributed by atoms with Crippen molar-refractivity contribution in [1.29, 1.82) is 0 Å². The second-order valence-electron chi connectivity index (χ2n) is 7.44. The molecule has 1 heterocycles. The summed E-state index contributed by atoms with van der Waals surface area (Å²) in [4.78, 5) is 17.3. The quantitative estimate of drug-likeness (QED) is 0.381. The van der Waals surface area contributed by atoms with Crippen molar-refractivity contribution in [3.63, 3.8) is 0 Å². The number of halogens is 2. The Morgan fingerprint density at radius 2 is 1.77 bits per heavy atom. The second kappa shape index (κ2) is 12.3. The number of aromatic nitrogens is 1. The van der Waals surface area contributed by atoms with Gasteiger partial charge in [-0.25, -0.2) is 9.37 Å². The first-order valence-corrected chi connectivity index (χ1v) is 11.1. The largest absolute Gasteiger partial charge is 0.494 e. The van der Waals surface area contributed by atoms with Crippen LogP contribution in [0.1, 0.15) is 22.1 Å². The summed E-state index contributed by atoms with van der Waals surface area (Å²) in [6.07, 6.45) is 0. The maximum atomic E-state index is 13.6.